The highest BCUT2D eigenvalue weighted by molar-refractivity contribution is 5.04. The van der Waals surface area contributed by atoms with Crippen LogP contribution in [-0.2, 0) is 0 Å². The Balaban J connectivity index is 1.81. The third-order valence-corrected chi connectivity index (χ3v) is 3.07. The molecule has 0 amide bonds. The maximum Gasteiger partial charge on any atom is 0.0753 e. The Labute approximate surface area is 91.3 Å². The molecule has 0 bridgehead atoms. The van der Waals surface area contributed by atoms with Crippen molar-refractivity contribution >= 4 is 0 Å². The maximum absolute atomic E-state index is 4.31. The molecule has 1 N–H and O–H groups in total. The van der Waals surface area contributed by atoms with E-state index in [1.807, 2.05) is 6.20 Å². The van der Waals surface area contributed by atoms with Crippen LogP contribution < -0.4 is 5.32 Å². The largest absolute Gasteiger partial charge is 0.306 e. The minimum absolute atomic E-state index is 0.325. The van der Waals surface area contributed by atoms with Gasteiger partial charge in [0.15, 0.2) is 0 Å². The fraction of sp³-hybridized carbons (Fsp3) is 0.667. The van der Waals surface area contributed by atoms with E-state index in [9.17, 15) is 0 Å². The van der Waals surface area contributed by atoms with Gasteiger partial charge in [-0.15, -0.1) is 0 Å². The van der Waals surface area contributed by atoms with E-state index in [1.165, 1.54) is 19.3 Å². The zero-order valence-electron chi connectivity index (χ0n) is 9.48. The molecule has 1 aromatic heterocycles. The molecule has 1 fully saturated rings. The highest BCUT2D eigenvalue weighted by Crippen LogP contribution is 2.36. The quantitative estimate of drug-likeness (QED) is 0.801. The van der Waals surface area contributed by atoms with Gasteiger partial charge in [0, 0.05) is 30.7 Å². The van der Waals surface area contributed by atoms with E-state index in [0.717, 1.165) is 11.6 Å². The molecule has 15 heavy (non-hydrogen) atoms. The van der Waals surface area contributed by atoms with Gasteiger partial charge in [0.1, 0.15) is 0 Å². The van der Waals surface area contributed by atoms with Crippen molar-refractivity contribution in [3.63, 3.8) is 0 Å². The number of nitrogens with one attached hydrogen (secondary N) is 1. The third-order valence-electron chi connectivity index (χ3n) is 3.07. The van der Waals surface area contributed by atoms with Crippen LogP contribution in [0.25, 0.3) is 0 Å². The predicted molar refractivity (Wildman–Crippen MR) is 60.4 cm³/mol. The second kappa shape index (κ2) is 4.71. The summed E-state index contributed by atoms with van der Waals surface area (Å²) in [6.45, 7) is 4.41. The summed E-state index contributed by atoms with van der Waals surface area (Å²) in [6.07, 6.45) is 9.29. The van der Waals surface area contributed by atoms with Crippen molar-refractivity contribution < 1.29 is 0 Å². The van der Waals surface area contributed by atoms with Crippen LogP contribution in [0.1, 0.15) is 44.8 Å². The van der Waals surface area contributed by atoms with Crippen molar-refractivity contribution in [2.75, 3.05) is 0 Å². The average molecular weight is 205 g/mol. The molecule has 3 heteroatoms. The molecule has 3 atom stereocenters. The summed E-state index contributed by atoms with van der Waals surface area (Å²) in [6, 6.07) is 1.03. The number of rotatable bonds is 5. The lowest BCUT2D eigenvalue weighted by molar-refractivity contribution is 0.520. The standard InChI is InChI=1S/C12H19N3/c1-3-4-10-7-11(10)15-9(2)12-8-13-5-6-14-12/h5-6,8-11,15H,3-4,7H2,1-2H3. The van der Waals surface area contributed by atoms with E-state index < -0.39 is 0 Å². The molecule has 3 nitrogen and oxygen atoms in total. The summed E-state index contributed by atoms with van der Waals surface area (Å²) < 4.78 is 0. The SMILES string of the molecule is CCCC1CC1NC(C)c1cnccn1. The van der Waals surface area contributed by atoms with Crippen molar-refractivity contribution in [3.8, 4) is 0 Å². The molecule has 1 aliphatic rings. The van der Waals surface area contributed by atoms with Crippen molar-refractivity contribution in [1.29, 1.82) is 0 Å². The lowest BCUT2D eigenvalue weighted by Gasteiger charge is -2.12. The molecule has 3 unspecified atom stereocenters. The van der Waals surface area contributed by atoms with Gasteiger partial charge >= 0.3 is 0 Å². The highest BCUT2D eigenvalue weighted by atomic mass is 15.0. The van der Waals surface area contributed by atoms with Gasteiger partial charge in [0.05, 0.1) is 5.69 Å². The second-order valence-electron chi connectivity index (χ2n) is 4.41. The number of nitrogens with zero attached hydrogens (tertiary/aromatic N) is 2. The minimum atomic E-state index is 0.325. The summed E-state index contributed by atoms with van der Waals surface area (Å²) in [5, 5.41) is 3.60. The smallest absolute Gasteiger partial charge is 0.0753 e. The van der Waals surface area contributed by atoms with Crippen molar-refractivity contribution in [3.05, 3.63) is 24.3 Å². The number of hydrogen-bond donors (Lipinski definition) is 1. The normalized spacial score (nSPS) is 26.3. The molecule has 0 spiro atoms. The molecule has 0 radical (unpaired) electrons. The number of hydrogen-bond acceptors (Lipinski definition) is 3. The van der Waals surface area contributed by atoms with Gasteiger partial charge in [-0.3, -0.25) is 9.97 Å². The van der Waals surface area contributed by atoms with Crippen molar-refractivity contribution in [1.82, 2.24) is 15.3 Å². The fourth-order valence-corrected chi connectivity index (χ4v) is 2.08. The summed E-state index contributed by atoms with van der Waals surface area (Å²) in [7, 11) is 0. The first-order valence-corrected chi connectivity index (χ1v) is 5.83. The maximum atomic E-state index is 4.31. The summed E-state index contributed by atoms with van der Waals surface area (Å²) in [4.78, 5) is 8.39. The molecule has 82 valence electrons. The molecule has 1 heterocycles. The predicted octanol–water partition coefficient (Wildman–Crippen LogP) is 2.32. The van der Waals surface area contributed by atoms with Crippen molar-refractivity contribution in [2.24, 2.45) is 5.92 Å². The van der Waals surface area contributed by atoms with Crippen LogP contribution in [0.3, 0.4) is 0 Å². The third kappa shape index (κ3) is 2.75. The van der Waals surface area contributed by atoms with Crippen LogP contribution in [0.2, 0.25) is 0 Å². The van der Waals surface area contributed by atoms with E-state index in [2.05, 4.69) is 29.1 Å². The van der Waals surface area contributed by atoms with Gasteiger partial charge in [-0.1, -0.05) is 13.3 Å². The molecule has 1 saturated carbocycles. The van der Waals surface area contributed by atoms with Gasteiger partial charge in [0.2, 0.25) is 0 Å². The molecule has 1 aromatic rings. The molecular formula is C12H19N3. The molecule has 0 aliphatic heterocycles. The molecule has 0 saturated heterocycles. The Morgan fingerprint density at radius 2 is 2.40 bits per heavy atom. The summed E-state index contributed by atoms with van der Waals surface area (Å²) in [5.74, 6) is 0.897. The first kappa shape index (κ1) is 10.6. The zero-order valence-corrected chi connectivity index (χ0v) is 9.48. The molecule has 0 aromatic carbocycles. The average Bonchev–Trinajstić information content (AvgIpc) is 2.98. The second-order valence-corrected chi connectivity index (χ2v) is 4.41. The Morgan fingerprint density at radius 3 is 3.07 bits per heavy atom. The van der Waals surface area contributed by atoms with Gasteiger partial charge in [-0.25, -0.2) is 0 Å². The molecular weight excluding hydrogens is 186 g/mol. The van der Waals surface area contributed by atoms with Crippen LogP contribution in [0.15, 0.2) is 18.6 Å². The van der Waals surface area contributed by atoms with Crippen molar-refractivity contribution in [2.45, 2.75) is 45.2 Å². The first-order chi connectivity index (χ1) is 7.31. The Morgan fingerprint density at radius 1 is 1.53 bits per heavy atom. The van der Waals surface area contributed by atoms with Gasteiger partial charge in [-0.05, 0) is 25.7 Å². The fourth-order valence-electron chi connectivity index (χ4n) is 2.08. The monoisotopic (exact) mass is 205 g/mol. The van der Waals surface area contributed by atoms with Crippen LogP contribution in [-0.4, -0.2) is 16.0 Å². The lowest BCUT2D eigenvalue weighted by atomic mass is 10.2. The van der Waals surface area contributed by atoms with Crippen LogP contribution >= 0.6 is 0 Å². The van der Waals surface area contributed by atoms with Gasteiger partial charge in [0.25, 0.3) is 0 Å². The van der Waals surface area contributed by atoms with Gasteiger partial charge in [-0.2, -0.15) is 0 Å². The lowest BCUT2D eigenvalue weighted by Crippen LogP contribution is -2.23. The van der Waals surface area contributed by atoms with Crippen LogP contribution in [0.4, 0.5) is 0 Å². The topological polar surface area (TPSA) is 37.8 Å². The zero-order chi connectivity index (χ0) is 10.7. The Bertz CT molecular complexity index is 299. The van der Waals surface area contributed by atoms with E-state index in [4.69, 9.17) is 0 Å². The Kier molecular flexibility index (Phi) is 3.31. The van der Waals surface area contributed by atoms with E-state index in [1.54, 1.807) is 12.4 Å². The van der Waals surface area contributed by atoms with E-state index in [0.29, 0.717) is 12.1 Å². The van der Waals surface area contributed by atoms with Crippen LogP contribution in [0.5, 0.6) is 0 Å². The molecule has 2 rings (SSSR count). The van der Waals surface area contributed by atoms with Gasteiger partial charge < -0.3 is 5.32 Å². The molecule has 1 aliphatic carbocycles. The Hall–Kier alpha value is -0.960. The number of aromatic nitrogens is 2. The van der Waals surface area contributed by atoms with E-state index >= 15 is 0 Å². The minimum Gasteiger partial charge on any atom is -0.306 e. The summed E-state index contributed by atoms with van der Waals surface area (Å²) >= 11 is 0. The highest BCUT2D eigenvalue weighted by Gasteiger charge is 2.36. The van der Waals surface area contributed by atoms with Crippen LogP contribution in [0, 0.1) is 5.92 Å². The van der Waals surface area contributed by atoms with E-state index in [-0.39, 0.29) is 0 Å². The summed E-state index contributed by atoms with van der Waals surface area (Å²) in [5.41, 5.74) is 1.04. The first-order valence-electron chi connectivity index (χ1n) is 5.83.